The third kappa shape index (κ3) is 3.95. The Kier molecular flexibility index (Phi) is 5.47. The summed E-state index contributed by atoms with van der Waals surface area (Å²) in [7, 11) is 2.10. The summed E-state index contributed by atoms with van der Waals surface area (Å²) >= 11 is 0. The van der Waals surface area contributed by atoms with Crippen LogP contribution < -0.4 is 9.80 Å². The molecule has 29 heavy (non-hydrogen) atoms. The summed E-state index contributed by atoms with van der Waals surface area (Å²) in [5, 5.41) is 0. The maximum atomic E-state index is 13.1. The van der Waals surface area contributed by atoms with Crippen LogP contribution in [0.15, 0.2) is 47.1 Å². The van der Waals surface area contributed by atoms with Crippen LogP contribution in [0.25, 0.3) is 0 Å². The predicted molar refractivity (Wildman–Crippen MR) is 112 cm³/mol. The Balaban J connectivity index is 1.41. The minimum absolute atomic E-state index is 0.111. The lowest BCUT2D eigenvalue weighted by atomic mass is 10.1. The van der Waals surface area contributed by atoms with Crippen LogP contribution in [-0.4, -0.2) is 74.0 Å². The van der Waals surface area contributed by atoms with Gasteiger partial charge in [0.25, 0.3) is 5.91 Å². The van der Waals surface area contributed by atoms with Crippen LogP contribution in [0.4, 0.5) is 11.4 Å². The molecule has 1 aromatic carbocycles. The minimum Gasteiger partial charge on any atom is -0.459 e. The highest BCUT2D eigenvalue weighted by atomic mass is 16.3. The molecule has 7 nitrogen and oxygen atoms in total. The highest BCUT2D eigenvalue weighted by molar-refractivity contribution is 5.91. The van der Waals surface area contributed by atoms with Crippen LogP contribution in [-0.2, 0) is 4.79 Å². The number of benzene rings is 1. The van der Waals surface area contributed by atoms with Gasteiger partial charge in [0.2, 0.25) is 5.91 Å². The molecular weight excluding hydrogens is 368 g/mol. The molecule has 0 radical (unpaired) electrons. The SMILES string of the molecule is C[C@@H]1CCN(C)c2ccccc2N1CC(=O)N1CCN(C(=O)c2ccco2)CC1. The number of piperazine rings is 1. The van der Waals surface area contributed by atoms with E-state index in [1.807, 2.05) is 17.0 Å². The maximum absolute atomic E-state index is 13.1. The van der Waals surface area contributed by atoms with Crippen molar-refractivity contribution in [1.29, 1.82) is 0 Å². The Morgan fingerprint density at radius 1 is 0.966 bits per heavy atom. The number of anilines is 2. The van der Waals surface area contributed by atoms with Gasteiger partial charge in [-0.3, -0.25) is 9.59 Å². The lowest BCUT2D eigenvalue weighted by Crippen LogP contribution is -2.53. The molecule has 2 aromatic rings. The second-order valence-electron chi connectivity index (χ2n) is 7.83. The number of carbonyl (C=O) groups excluding carboxylic acids is 2. The van der Waals surface area contributed by atoms with E-state index in [9.17, 15) is 9.59 Å². The van der Waals surface area contributed by atoms with Crippen LogP contribution >= 0.6 is 0 Å². The molecule has 0 unspecified atom stereocenters. The quantitative estimate of drug-likeness (QED) is 0.797. The lowest BCUT2D eigenvalue weighted by molar-refractivity contribution is -0.131. The van der Waals surface area contributed by atoms with Gasteiger partial charge in [0, 0.05) is 45.8 Å². The minimum atomic E-state index is -0.111. The number of nitrogens with zero attached hydrogens (tertiary/aromatic N) is 4. The van der Waals surface area contributed by atoms with Crippen molar-refractivity contribution in [1.82, 2.24) is 9.80 Å². The normalized spacial score (nSPS) is 19.7. The molecule has 2 amide bonds. The number of carbonyl (C=O) groups is 2. The van der Waals surface area contributed by atoms with Crippen LogP contribution in [0, 0.1) is 0 Å². The fourth-order valence-corrected chi connectivity index (χ4v) is 4.13. The van der Waals surface area contributed by atoms with Crippen molar-refractivity contribution in [3.63, 3.8) is 0 Å². The fraction of sp³-hybridized carbons (Fsp3) is 0.455. The first-order valence-corrected chi connectivity index (χ1v) is 10.2. The van der Waals surface area contributed by atoms with Crippen molar-refractivity contribution in [3.8, 4) is 0 Å². The zero-order valence-corrected chi connectivity index (χ0v) is 17.1. The summed E-state index contributed by atoms with van der Waals surface area (Å²) in [6.45, 7) is 5.67. The largest absolute Gasteiger partial charge is 0.459 e. The van der Waals surface area contributed by atoms with Gasteiger partial charge >= 0.3 is 0 Å². The monoisotopic (exact) mass is 396 g/mol. The summed E-state index contributed by atoms with van der Waals surface area (Å²) < 4.78 is 5.21. The third-order valence-corrected chi connectivity index (χ3v) is 5.97. The van der Waals surface area contributed by atoms with Gasteiger partial charge in [-0.1, -0.05) is 12.1 Å². The first-order chi connectivity index (χ1) is 14.0. The number of fused-ring (bicyclic) bond motifs is 1. The number of hydrogen-bond acceptors (Lipinski definition) is 5. The summed E-state index contributed by atoms with van der Waals surface area (Å²) in [4.78, 5) is 33.6. The molecular formula is C22H28N4O3. The number of amides is 2. The molecule has 0 spiro atoms. The fourth-order valence-electron chi connectivity index (χ4n) is 4.13. The molecule has 0 aliphatic carbocycles. The van der Waals surface area contributed by atoms with Gasteiger partial charge in [-0.05, 0) is 37.6 Å². The van der Waals surface area contributed by atoms with E-state index >= 15 is 0 Å². The van der Waals surface area contributed by atoms with E-state index in [2.05, 4.69) is 35.9 Å². The molecule has 2 aliphatic heterocycles. The molecule has 0 bridgehead atoms. The van der Waals surface area contributed by atoms with Gasteiger partial charge in [0.15, 0.2) is 5.76 Å². The molecule has 0 saturated carbocycles. The molecule has 3 heterocycles. The Labute approximate surface area is 171 Å². The molecule has 154 valence electrons. The molecule has 1 aromatic heterocycles. The summed E-state index contributed by atoms with van der Waals surface area (Å²) in [6, 6.07) is 12.0. The van der Waals surface area contributed by atoms with Gasteiger partial charge < -0.3 is 24.0 Å². The summed E-state index contributed by atoms with van der Waals surface area (Å²) in [6.07, 6.45) is 2.51. The van der Waals surface area contributed by atoms with Crippen molar-refractivity contribution in [3.05, 3.63) is 48.4 Å². The van der Waals surface area contributed by atoms with Gasteiger partial charge in [0.05, 0.1) is 24.2 Å². The first kappa shape index (κ1) is 19.4. The number of hydrogen-bond donors (Lipinski definition) is 0. The van der Waals surface area contributed by atoms with Gasteiger partial charge in [-0.15, -0.1) is 0 Å². The highest BCUT2D eigenvalue weighted by Gasteiger charge is 2.30. The van der Waals surface area contributed by atoms with Crippen molar-refractivity contribution < 1.29 is 14.0 Å². The molecule has 7 heteroatoms. The number of rotatable bonds is 3. The van der Waals surface area contributed by atoms with Crippen LogP contribution in [0.5, 0.6) is 0 Å². The summed E-state index contributed by atoms with van der Waals surface area (Å²) in [5.41, 5.74) is 2.28. The third-order valence-electron chi connectivity index (χ3n) is 5.97. The van der Waals surface area contributed by atoms with Crippen molar-refractivity contribution in [2.24, 2.45) is 0 Å². The average Bonchev–Trinajstić information content (AvgIpc) is 3.26. The zero-order chi connectivity index (χ0) is 20.4. The molecule has 0 N–H and O–H groups in total. The van der Waals surface area contributed by atoms with E-state index < -0.39 is 0 Å². The number of para-hydroxylation sites is 2. The van der Waals surface area contributed by atoms with Gasteiger partial charge in [0.1, 0.15) is 0 Å². The van der Waals surface area contributed by atoms with E-state index in [-0.39, 0.29) is 17.9 Å². The van der Waals surface area contributed by atoms with Crippen molar-refractivity contribution in [2.75, 3.05) is 56.1 Å². The first-order valence-electron chi connectivity index (χ1n) is 10.2. The molecule has 4 rings (SSSR count). The van der Waals surface area contributed by atoms with Gasteiger partial charge in [-0.2, -0.15) is 0 Å². The molecule has 1 atom stereocenters. The standard InChI is InChI=1S/C22H28N4O3/c1-17-9-10-23(2)18-6-3-4-7-19(18)26(17)16-21(27)24-11-13-25(14-12-24)22(28)20-8-5-15-29-20/h3-8,15,17H,9-14,16H2,1-2H3/t17-/m1/s1. The van der Waals surface area contributed by atoms with E-state index in [1.165, 1.54) is 12.0 Å². The second kappa shape index (κ2) is 8.19. The van der Waals surface area contributed by atoms with E-state index in [4.69, 9.17) is 4.42 Å². The van der Waals surface area contributed by atoms with Gasteiger partial charge in [-0.25, -0.2) is 0 Å². The molecule has 2 aliphatic rings. The molecule has 1 saturated heterocycles. The topological polar surface area (TPSA) is 60.2 Å². The highest BCUT2D eigenvalue weighted by Crippen LogP contribution is 2.33. The average molecular weight is 396 g/mol. The Bertz CT molecular complexity index is 859. The molecule has 1 fully saturated rings. The maximum Gasteiger partial charge on any atom is 0.289 e. The van der Waals surface area contributed by atoms with Crippen molar-refractivity contribution in [2.45, 2.75) is 19.4 Å². The van der Waals surface area contributed by atoms with E-state index in [0.717, 1.165) is 18.7 Å². The Hall–Kier alpha value is -2.96. The van der Waals surface area contributed by atoms with Crippen LogP contribution in [0.1, 0.15) is 23.9 Å². The predicted octanol–water partition coefficient (Wildman–Crippen LogP) is 2.30. The van der Waals surface area contributed by atoms with Crippen LogP contribution in [0.3, 0.4) is 0 Å². The second-order valence-corrected chi connectivity index (χ2v) is 7.83. The number of furan rings is 1. The lowest BCUT2D eigenvalue weighted by Gasteiger charge is -2.37. The summed E-state index contributed by atoms with van der Waals surface area (Å²) in [5.74, 6) is 0.352. The zero-order valence-electron chi connectivity index (χ0n) is 17.1. The van der Waals surface area contributed by atoms with Crippen molar-refractivity contribution >= 4 is 23.2 Å². The Morgan fingerprint density at radius 2 is 1.66 bits per heavy atom. The smallest absolute Gasteiger partial charge is 0.289 e. The van der Waals surface area contributed by atoms with E-state index in [1.54, 1.807) is 17.0 Å². The van der Waals surface area contributed by atoms with Crippen LogP contribution in [0.2, 0.25) is 0 Å². The van der Waals surface area contributed by atoms with E-state index in [0.29, 0.717) is 38.5 Å². The Morgan fingerprint density at radius 3 is 2.34 bits per heavy atom.